The van der Waals surface area contributed by atoms with Crippen molar-refractivity contribution in [2.75, 3.05) is 37.9 Å². The number of piperazine rings is 1. The zero-order valence-corrected chi connectivity index (χ0v) is 16.9. The van der Waals surface area contributed by atoms with Gasteiger partial charge < -0.3 is 15.0 Å². The number of nitrogens with one attached hydrogen (secondary N) is 2. The fraction of sp³-hybridized carbons (Fsp3) is 0.579. The number of nitrogens with zero attached hydrogens (tertiary/aromatic N) is 2. The maximum atomic E-state index is 13.6. The first-order valence-electron chi connectivity index (χ1n) is 9.43. The van der Waals surface area contributed by atoms with Crippen molar-refractivity contribution in [3.8, 4) is 0 Å². The molecule has 2 N–H and O–H groups in total. The van der Waals surface area contributed by atoms with Crippen LogP contribution in [0.3, 0.4) is 0 Å². The number of amides is 3. The summed E-state index contributed by atoms with van der Waals surface area (Å²) < 4.78 is 19.4. The molecule has 1 unspecified atom stereocenters. The van der Waals surface area contributed by atoms with Gasteiger partial charge in [-0.15, -0.1) is 0 Å². The van der Waals surface area contributed by atoms with Gasteiger partial charge >= 0.3 is 6.03 Å². The second-order valence-corrected chi connectivity index (χ2v) is 8.06. The van der Waals surface area contributed by atoms with E-state index in [9.17, 15) is 14.0 Å². The lowest BCUT2D eigenvalue weighted by molar-refractivity contribution is -0.123. The minimum absolute atomic E-state index is 0.200. The first kappa shape index (κ1) is 20.8. The van der Waals surface area contributed by atoms with Crippen molar-refractivity contribution >= 4 is 29.2 Å². The van der Waals surface area contributed by atoms with Crippen molar-refractivity contribution in [2.45, 2.75) is 38.3 Å². The van der Waals surface area contributed by atoms with E-state index in [2.05, 4.69) is 27.4 Å². The summed E-state index contributed by atoms with van der Waals surface area (Å²) in [6.07, 6.45) is 1.19. The van der Waals surface area contributed by atoms with Crippen LogP contribution >= 0.6 is 11.6 Å². The number of hydrogen-bond acceptors (Lipinski definition) is 5. The van der Waals surface area contributed by atoms with Crippen molar-refractivity contribution in [2.24, 2.45) is 0 Å². The van der Waals surface area contributed by atoms with Crippen LogP contribution in [0.4, 0.5) is 14.9 Å². The molecule has 3 amide bonds. The summed E-state index contributed by atoms with van der Waals surface area (Å²) in [7, 11) is 0. The van der Waals surface area contributed by atoms with Gasteiger partial charge in [0.25, 0.3) is 5.91 Å². The van der Waals surface area contributed by atoms with Crippen LogP contribution in [0.2, 0.25) is 5.02 Å². The summed E-state index contributed by atoms with van der Waals surface area (Å²) in [5.41, 5.74) is -0.0597. The Bertz CT molecular complexity index is 730. The molecule has 0 aromatic heterocycles. The summed E-state index contributed by atoms with van der Waals surface area (Å²) in [4.78, 5) is 27.4. The maximum Gasteiger partial charge on any atom is 0.322 e. The SMILES string of the molecule is C[C@H]1CN(COCCCC2(C)NC(=O)NC2=O)CCN1c1cc(F)cc(Cl)c1. The van der Waals surface area contributed by atoms with E-state index in [4.69, 9.17) is 16.3 Å². The van der Waals surface area contributed by atoms with Crippen LogP contribution in [-0.2, 0) is 9.53 Å². The predicted octanol–water partition coefficient (Wildman–Crippen LogP) is 2.34. The number of rotatable bonds is 7. The molecule has 1 aromatic carbocycles. The van der Waals surface area contributed by atoms with E-state index in [0.717, 1.165) is 25.3 Å². The smallest absolute Gasteiger partial charge is 0.322 e. The first-order valence-corrected chi connectivity index (χ1v) is 9.81. The third-order valence-electron chi connectivity index (χ3n) is 5.25. The molecular weight excluding hydrogens is 387 g/mol. The molecule has 2 saturated heterocycles. The molecule has 2 aliphatic heterocycles. The molecule has 0 saturated carbocycles. The summed E-state index contributed by atoms with van der Waals surface area (Å²) in [5, 5.41) is 5.30. The Morgan fingerprint density at radius 2 is 2.11 bits per heavy atom. The molecule has 0 radical (unpaired) electrons. The van der Waals surface area contributed by atoms with Crippen LogP contribution in [0, 0.1) is 5.82 Å². The number of ether oxygens (including phenoxy) is 1. The molecule has 2 aliphatic rings. The second-order valence-electron chi connectivity index (χ2n) is 7.63. The van der Waals surface area contributed by atoms with Gasteiger partial charge in [0.15, 0.2) is 0 Å². The first-order chi connectivity index (χ1) is 13.3. The topological polar surface area (TPSA) is 73.9 Å². The molecule has 154 valence electrons. The van der Waals surface area contributed by atoms with Crippen molar-refractivity contribution in [3.63, 3.8) is 0 Å². The number of urea groups is 1. The number of hydrogen-bond donors (Lipinski definition) is 2. The Kier molecular flexibility index (Phi) is 6.42. The lowest BCUT2D eigenvalue weighted by Crippen LogP contribution is -2.52. The van der Waals surface area contributed by atoms with Gasteiger partial charge in [-0.1, -0.05) is 11.6 Å². The highest BCUT2D eigenvalue weighted by Crippen LogP contribution is 2.25. The molecular formula is C19H26ClFN4O3. The molecule has 2 heterocycles. The van der Waals surface area contributed by atoms with E-state index in [1.165, 1.54) is 12.1 Å². The number of benzene rings is 1. The molecule has 9 heteroatoms. The van der Waals surface area contributed by atoms with E-state index in [1.807, 2.05) is 0 Å². The summed E-state index contributed by atoms with van der Waals surface area (Å²) in [6.45, 7) is 7.16. The van der Waals surface area contributed by atoms with Gasteiger partial charge in [-0.05, 0) is 44.9 Å². The molecule has 28 heavy (non-hydrogen) atoms. The zero-order valence-electron chi connectivity index (χ0n) is 16.1. The zero-order chi connectivity index (χ0) is 20.3. The molecule has 0 aliphatic carbocycles. The van der Waals surface area contributed by atoms with Crippen LogP contribution < -0.4 is 15.5 Å². The number of carbonyl (C=O) groups is 2. The molecule has 0 bridgehead atoms. The highest BCUT2D eigenvalue weighted by molar-refractivity contribution is 6.30. The highest BCUT2D eigenvalue weighted by Gasteiger charge is 2.41. The van der Waals surface area contributed by atoms with Gasteiger partial charge in [-0.3, -0.25) is 15.0 Å². The lowest BCUT2D eigenvalue weighted by Gasteiger charge is -2.41. The van der Waals surface area contributed by atoms with Gasteiger partial charge in [0.1, 0.15) is 11.4 Å². The van der Waals surface area contributed by atoms with Gasteiger partial charge in [0, 0.05) is 43.0 Å². The molecule has 2 atom stereocenters. The van der Waals surface area contributed by atoms with Crippen molar-refractivity contribution in [1.29, 1.82) is 0 Å². The summed E-state index contributed by atoms with van der Waals surface area (Å²) >= 11 is 5.97. The lowest BCUT2D eigenvalue weighted by atomic mass is 9.96. The van der Waals surface area contributed by atoms with Gasteiger partial charge in [-0.2, -0.15) is 0 Å². The Morgan fingerprint density at radius 1 is 1.32 bits per heavy atom. The van der Waals surface area contributed by atoms with Crippen LogP contribution in [0.1, 0.15) is 26.7 Å². The van der Waals surface area contributed by atoms with Gasteiger partial charge in [0.05, 0.1) is 6.73 Å². The number of carbonyl (C=O) groups excluding carboxylic acids is 2. The number of anilines is 1. The number of imide groups is 1. The molecule has 2 fully saturated rings. The average molecular weight is 413 g/mol. The second kappa shape index (κ2) is 8.63. The normalized spacial score (nSPS) is 25.7. The maximum absolute atomic E-state index is 13.6. The largest absolute Gasteiger partial charge is 0.366 e. The Labute approximate surface area is 169 Å². The number of halogens is 2. The third-order valence-corrected chi connectivity index (χ3v) is 5.47. The molecule has 1 aromatic rings. The Balaban J connectivity index is 1.39. The Hall–Kier alpha value is -1.90. The van der Waals surface area contributed by atoms with Crippen molar-refractivity contribution < 1.29 is 18.7 Å². The third kappa shape index (κ3) is 4.92. The van der Waals surface area contributed by atoms with Crippen LogP contribution in [0.5, 0.6) is 0 Å². The van der Waals surface area contributed by atoms with Crippen LogP contribution in [0.25, 0.3) is 0 Å². The van der Waals surface area contributed by atoms with Crippen molar-refractivity contribution in [3.05, 3.63) is 29.0 Å². The van der Waals surface area contributed by atoms with E-state index in [0.29, 0.717) is 31.2 Å². The van der Waals surface area contributed by atoms with E-state index >= 15 is 0 Å². The molecule has 7 nitrogen and oxygen atoms in total. The van der Waals surface area contributed by atoms with Crippen molar-refractivity contribution in [1.82, 2.24) is 15.5 Å². The van der Waals surface area contributed by atoms with Crippen LogP contribution in [-0.4, -0.2) is 61.4 Å². The molecule has 3 rings (SSSR count). The average Bonchev–Trinajstić information content (AvgIpc) is 2.86. The standard InChI is InChI=1S/C19H26ClFN4O3/c1-13-11-24(5-6-25(13)16-9-14(20)8-15(21)10-16)12-28-7-3-4-19(2)17(26)22-18(27)23-19/h8-10,13H,3-7,11-12H2,1-2H3,(H2,22,23,26,27)/t13-,19?/m0/s1. The predicted molar refractivity (Wildman–Crippen MR) is 105 cm³/mol. The monoisotopic (exact) mass is 412 g/mol. The van der Waals surface area contributed by atoms with Gasteiger partial charge in [-0.25, -0.2) is 9.18 Å². The summed E-state index contributed by atoms with van der Waals surface area (Å²) in [5.74, 6) is -0.624. The highest BCUT2D eigenvalue weighted by atomic mass is 35.5. The minimum atomic E-state index is -0.854. The van der Waals surface area contributed by atoms with Gasteiger partial charge in [0.2, 0.25) is 0 Å². The minimum Gasteiger partial charge on any atom is -0.366 e. The fourth-order valence-electron chi connectivity index (χ4n) is 3.72. The van der Waals surface area contributed by atoms with E-state index in [-0.39, 0.29) is 17.8 Å². The van der Waals surface area contributed by atoms with Crippen LogP contribution in [0.15, 0.2) is 18.2 Å². The molecule has 0 spiro atoms. The van der Waals surface area contributed by atoms with E-state index < -0.39 is 11.6 Å². The Morgan fingerprint density at radius 3 is 2.75 bits per heavy atom. The fourth-order valence-corrected chi connectivity index (χ4v) is 3.93. The quantitative estimate of drug-likeness (QED) is 0.531. The summed E-state index contributed by atoms with van der Waals surface area (Å²) in [6, 6.07) is 4.35. The van der Waals surface area contributed by atoms with E-state index in [1.54, 1.807) is 13.0 Å².